The Morgan fingerprint density at radius 3 is 2.65 bits per heavy atom. The summed E-state index contributed by atoms with van der Waals surface area (Å²) in [5.41, 5.74) is 9.40. The van der Waals surface area contributed by atoms with E-state index in [0.717, 1.165) is 5.56 Å². The highest BCUT2D eigenvalue weighted by atomic mass is 16.5. The molecule has 0 heterocycles. The summed E-state index contributed by atoms with van der Waals surface area (Å²) in [6, 6.07) is 5.18. The molecular formula is C12H15N3O2. The molecule has 0 aromatic heterocycles. The maximum absolute atomic E-state index is 8.52. The van der Waals surface area contributed by atoms with Gasteiger partial charge in [0.1, 0.15) is 0 Å². The molecule has 0 amide bonds. The lowest BCUT2D eigenvalue weighted by Gasteiger charge is -2.13. The highest BCUT2D eigenvalue weighted by Gasteiger charge is 2.11. The van der Waals surface area contributed by atoms with Crippen LogP contribution >= 0.6 is 0 Å². The number of hydrogen-bond acceptors (Lipinski definition) is 3. The van der Waals surface area contributed by atoms with Crippen LogP contribution in [-0.2, 0) is 0 Å². The van der Waals surface area contributed by atoms with Gasteiger partial charge in [-0.1, -0.05) is 17.3 Å². The predicted molar refractivity (Wildman–Crippen MR) is 66.2 cm³/mol. The van der Waals surface area contributed by atoms with Crippen molar-refractivity contribution in [1.29, 1.82) is 0 Å². The van der Waals surface area contributed by atoms with Crippen molar-refractivity contribution in [3.05, 3.63) is 46.9 Å². The average Bonchev–Trinajstić information content (AvgIpc) is 2.37. The highest BCUT2D eigenvalue weighted by Crippen LogP contribution is 2.32. The van der Waals surface area contributed by atoms with E-state index in [1.54, 1.807) is 26.4 Å². The number of hydrogen-bond donors (Lipinski definition) is 0. The molecule has 0 fully saturated rings. The number of azide groups is 1. The number of benzene rings is 1. The lowest BCUT2D eigenvalue weighted by Crippen LogP contribution is -1.96. The lowest BCUT2D eigenvalue weighted by atomic mass is 10.0. The van der Waals surface area contributed by atoms with Crippen molar-refractivity contribution >= 4 is 0 Å². The smallest absolute Gasteiger partial charge is 0.160 e. The van der Waals surface area contributed by atoms with Gasteiger partial charge in [0.25, 0.3) is 0 Å². The molecule has 0 saturated carbocycles. The summed E-state index contributed by atoms with van der Waals surface area (Å²) < 4.78 is 10.3. The number of nitrogens with zero attached hydrogens (tertiary/aromatic N) is 3. The average molecular weight is 233 g/mol. The van der Waals surface area contributed by atoms with Crippen molar-refractivity contribution in [2.45, 2.75) is 12.5 Å². The van der Waals surface area contributed by atoms with Gasteiger partial charge in [0.15, 0.2) is 11.5 Å². The molecule has 0 N–H and O–H groups in total. The van der Waals surface area contributed by atoms with Gasteiger partial charge in [-0.2, -0.15) is 0 Å². The second-order valence-corrected chi connectivity index (χ2v) is 3.36. The van der Waals surface area contributed by atoms with Crippen molar-refractivity contribution in [3.8, 4) is 11.5 Å². The van der Waals surface area contributed by atoms with Gasteiger partial charge in [0.2, 0.25) is 0 Å². The lowest BCUT2D eigenvalue weighted by molar-refractivity contribution is 0.354. The highest BCUT2D eigenvalue weighted by molar-refractivity contribution is 5.43. The Morgan fingerprint density at radius 1 is 1.41 bits per heavy atom. The van der Waals surface area contributed by atoms with Crippen LogP contribution < -0.4 is 9.47 Å². The van der Waals surface area contributed by atoms with Crippen molar-refractivity contribution in [3.63, 3.8) is 0 Å². The first-order valence-corrected chi connectivity index (χ1v) is 5.13. The van der Waals surface area contributed by atoms with Gasteiger partial charge >= 0.3 is 0 Å². The summed E-state index contributed by atoms with van der Waals surface area (Å²) in [6.07, 6.45) is 2.30. The van der Waals surface area contributed by atoms with E-state index in [9.17, 15) is 0 Å². The minimum atomic E-state index is -0.266. The third kappa shape index (κ3) is 3.16. The first-order chi connectivity index (χ1) is 8.26. The van der Waals surface area contributed by atoms with E-state index >= 15 is 0 Å². The standard InChI is InChI=1S/C12H15N3O2/c1-4-5-10(14-15-13)9-6-7-11(16-2)12(8-9)17-3/h4,6-8,10H,1,5H2,2-3H3/t10-/m1/s1. The van der Waals surface area contributed by atoms with Gasteiger partial charge in [0.05, 0.1) is 20.3 Å². The summed E-state index contributed by atoms with van der Waals surface area (Å²) in [5.74, 6) is 1.27. The number of ether oxygens (including phenoxy) is 2. The maximum atomic E-state index is 8.52. The van der Waals surface area contributed by atoms with E-state index in [2.05, 4.69) is 16.6 Å². The molecule has 0 bridgehead atoms. The number of methoxy groups -OCH3 is 2. The molecule has 0 aliphatic carbocycles. The van der Waals surface area contributed by atoms with Gasteiger partial charge in [-0.05, 0) is 29.6 Å². The first-order valence-electron chi connectivity index (χ1n) is 5.13. The van der Waals surface area contributed by atoms with E-state index in [1.165, 1.54) is 0 Å². The Hall–Kier alpha value is -2.13. The second-order valence-electron chi connectivity index (χ2n) is 3.36. The Balaban J connectivity index is 3.11. The zero-order chi connectivity index (χ0) is 12.7. The molecule has 17 heavy (non-hydrogen) atoms. The molecule has 1 aromatic carbocycles. The summed E-state index contributed by atoms with van der Waals surface area (Å²) in [5, 5.41) is 3.73. The molecule has 5 heteroatoms. The van der Waals surface area contributed by atoms with Crippen molar-refractivity contribution in [1.82, 2.24) is 0 Å². The third-order valence-corrected chi connectivity index (χ3v) is 2.37. The molecule has 0 unspecified atom stereocenters. The zero-order valence-corrected chi connectivity index (χ0v) is 9.96. The van der Waals surface area contributed by atoms with Gasteiger partial charge in [-0.3, -0.25) is 0 Å². The van der Waals surface area contributed by atoms with Crippen LogP contribution in [0.1, 0.15) is 18.0 Å². The fourth-order valence-corrected chi connectivity index (χ4v) is 1.53. The minimum absolute atomic E-state index is 0.266. The predicted octanol–water partition coefficient (Wildman–Crippen LogP) is 3.63. The molecule has 0 aliphatic heterocycles. The van der Waals surface area contributed by atoms with Crippen LogP contribution in [0, 0.1) is 0 Å². The topological polar surface area (TPSA) is 67.2 Å². The van der Waals surface area contributed by atoms with Crippen molar-refractivity contribution in [2.75, 3.05) is 14.2 Å². The third-order valence-electron chi connectivity index (χ3n) is 2.37. The first kappa shape index (κ1) is 12.9. The second kappa shape index (κ2) is 6.45. The normalized spacial score (nSPS) is 11.2. The molecule has 1 aromatic rings. The fourth-order valence-electron chi connectivity index (χ4n) is 1.53. The summed E-state index contributed by atoms with van der Waals surface area (Å²) in [6.45, 7) is 3.65. The quantitative estimate of drug-likeness (QED) is 0.326. The maximum Gasteiger partial charge on any atom is 0.160 e. The van der Waals surface area contributed by atoms with Crippen LogP contribution in [-0.4, -0.2) is 14.2 Å². The molecule has 0 radical (unpaired) electrons. The summed E-state index contributed by atoms with van der Waals surface area (Å²) in [4.78, 5) is 2.83. The Kier molecular flexibility index (Phi) is 4.91. The minimum Gasteiger partial charge on any atom is -0.493 e. The van der Waals surface area contributed by atoms with Crippen LogP contribution in [0.3, 0.4) is 0 Å². The van der Waals surface area contributed by atoms with Crippen LogP contribution in [0.5, 0.6) is 11.5 Å². The monoisotopic (exact) mass is 233 g/mol. The molecule has 5 nitrogen and oxygen atoms in total. The molecule has 0 spiro atoms. The Labute approximate surface area is 100 Å². The van der Waals surface area contributed by atoms with Gasteiger partial charge in [-0.15, -0.1) is 6.58 Å². The van der Waals surface area contributed by atoms with E-state index in [1.807, 2.05) is 12.1 Å². The van der Waals surface area contributed by atoms with E-state index in [4.69, 9.17) is 15.0 Å². The Morgan fingerprint density at radius 2 is 2.12 bits per heavy atom. The molecule has 1 atom stereocenters. The summed E-state index contributed by atoms with van der Waals surface area (Å²) >= 11 is 0. The largest absolute Gasteiger partial charge is 0.493 e. The van der Waals surface area contributed by atoms with Gasteiger partial charge in [0, 0.05) is 4.91 Å². The van der Waals surface area contributed by atoms with Crippen molar-refractivity contribution in [2.24, 2.45) is 5.11 Å². The van der Waals surface area contributed by atoms with Crippen LogP contribution in [0.2, 0.25) is 0 Å². The van der Waals surface area contributed by atoms with E-state index in [0.29, 0.717) is 17.9 Å². The molecule has 0 aliphatic rings. The SMILES string of the molecule is C=CC[C@@H](N=[N+]=[N-])c1ccc(OC)c(OC)c1. The molecule has 0 saturated heterocycles. The Bertz CT molecular complexity index is 439. The molecular weight excluding hydrogens is 218 g/mol. The van der Waals surface area contributed by atoms with Crippen molar-refractivity contribution < 1.29 is 9.47 Å². The van der Waals surface area contributed by atoms with Crippen LogP contribution in [0.15, 0.2) is 36.0 Å². The van der Waals surface area contributed by atoms with E-state index in [-0.39, 0.29) is 6.04 Å². The van der Waals surface area contributed by atoms with Crippen LogP contribution in [0.25, 0.3) is 10.4 Å². The van der Waals surface area contributed by atoms with E-state index < -0.39 is 0 Å². The zero-order valence-electron chi connectivity index (χ0n) is 9.96. The number of rotatable bonds is 6. The molecule has 1 rings (SSSR count). The summed E-state index contributed by atoms with van der Waals surface area (Å²) in [7, 11) is 3.14. The fraction of sp³-hybridized carbons (Fsp3) is 0.333. The van der Waals surface area contributed by atoms with Gasteiger partial charge < -0.3 is 9.47 Å². The van der Waals surface area contributed by atoms with Crippen LogP contribution in [0.4, 0.5) is 0 Å². The van der Waals surface area contributed by atoms with Gasteiger partial charge in [-0.25, -0.2) is 0 Å². The molecule has 90 valence electrons.